The van der Waals surface area contributed by atoms with E-state index in [4.69, 9.17) is 9.84 Å². The normalized spacial score (nSPS) is 10.8. The van der Waals surface area contributed by atoms with Crippen molar-refractivity contribution >= 4 is 5.97 Å². The summed E-state index contributed by atoms with van der Waals surface area (Å²) in [6.07, 6.45) is 12.6. The number of carboxylic acids is 1. The summed E-state index contributed by atoms with van der Waals surface area (Å²) in [5, 5.41) is 8.95. The Balaban J connectivity index is 1.67. The van der Waals surface area contributed by atoms with Crippen LogP contribution in [-0.4, -0.2) is 17.7 Å². The number of carboxylic acid groups (broad SMARTS) is 1. The molecule has 0 aromatic heterocycles. The lowest BCUT2D eigenvalue weighted by atomic mass is 10.0. The number of halogens is 1. The van der Waals surface area contributed by atoms with Crippen molar-refractivity contribution in [3.8, 4) is 16.9 Å². The molecule has 0 saturated carbocycles. The molecule has 0 aliphatic carbocycles. The Morgan fingerprint density at radius 2 is 1.38 bits per heavy atom. The molecular formula is C25H33FO3. The topological polar surface area (TPSA) is 46.5 Å². The zero-order valence-electron chi connectivity index (χ0n) is 17.5. The minimum atomic E-state index is -0.974. The maximum Gasteiger partial charge on any atom is 0.335 e. The first kappa shape index (κ1) is 22.9. The summed E-state index contributed by atoms with van der Waals surface area (Å²) in [7, 11) is 0. The van der Waals surface area contributed by atoms with E-state index in [0.29, 0.717) is 12.2 Å². The smallest absolute Gasteiger partial charge is 0.335 e. The third kappa shape index (κ3) is 8.26. The van der Waals surface area contributed by atoms with Crippen LogP contribution in [0.3, 0.4) is 0 Å². The zero-order valence-corrected chi connectivity index (χ0v) is 17.5. The molecule has 4 heteroatoms. The number of carbonyl (C=O) groups is 1. The van der Waals surface area contributed by atoms with Crippen LogP contribution in [-0.2, 0) is 0 Å². The predicted molar refractivity (Wildman–Crippen MR) is 116 cm³/mol. The van der Waals surface area contributed by atoms with Crippen LogP contribution in [0.2, 0.25) is 0 Å². The Kier molecular flexibility index (Phi) is 10.3. The fourth-order valence-corrected chi connectivity index (χ4v) is 3.37. The molecule has 0 amide bonds. The minimum Gasteiger partial charge on any atom is -0.491 e. The van der Waals surface area contributed by atoms with Gasteiger partial charge in [0.2, 0.25) is 0 Å². The highest BCUT2D eigenvalue weighted by molar-refractivity contribution is 5.88. The van der Waals surface area contributed by atoms with E-state index in [1.807, 2.05) is 0 Å². The molecule has 0 fully saturated rings. The van der Waals surface area contributed by atoms with Crippen molar-refractivity contribution in [2.75, 3.05) is 6.61 Å². The largest absolute Gasteiger partial charge is 0.491 e. The highest BCUT2D eigenvalue weighted by Crippen LogP contribution is 2.26. The molecule has 2 aromatic carbocycles. The van der Waals surface area contributed by atoms with Gasteiger partial charge in [0.25, 0.3) is 0 Å². The lowest BCUT2D eigenvalue weighted by Gasteiger charge is -2.09. The quantitative estimate of drug-likeness (QED) is 0.334. The van der Waals surface area contributed by atoms with Gasteiger partial charge in [-0.3, -0.25) is 0 Å². The van der Waals surface area contributed by atoms with E-state index >= 15 is 0 Å². The fraction of sp³-hybridized carbons (Fsp3) is 0.480. The lowest BCUT2D eigenvalue weighted by molar-refractivity contribution is 0.0697. The summed E-state index contributed by atoms with van der Waals surface area (Å²) in [6.45, 7) is 2.77. The molecule has 0 bridgehead atoms. The van der Waals surface area contributed by atoms with E-state index in [1.54, 1.807) is 24.3 Å². The summed E-state index contributed by atoms with van der Waals surface area (Å²) in [6, 6.07) is 11.3. The van der Waals surface area contributed by atoms with Gasteiger partial charge >= 0.3 is 5.97 Å². The molecule has 0 unspecified atom stereocenters. The zero-order chi connectivity index (χ0) is 20.9. The average Bonchev–Trinajstić information content (AvgIpc) is 2.73. The maximum atomic E-state index is 14.3. The van der Waals surface area contributed by atoms with E-state index in [2.05, 4.69) is 6.92 Å². The molecule has 0 aliphatic rings. The van der Waals surface area contributed by atoms with E-state index in [0.717, 1.165) is 18.4 Å². The first-order valence-corrected chi connectivity index (χ1v) is 10.9. The molecule has 29 heavy (non-hydrogen) atoms. The lowest BCUT2D eigenvalue weighted by Crippen LogP contribution is -1.99. The van der Waals surface area contributed by atoms with E-state index in [1.165, 1.54) is 69.6 Å². The molecule has 0 spiro atoms. The SMILES string of the molecule is CCCCCCCCCCCCOc1ccc(-c2ccc(C(=O)O)cc2)cc1F. The van der Waals surface area contributed by atoms with E-state index in [9.17, 15) is 9.18 Å². The third-order valence-electron chi connectivity index (χ3n) is 5.15. The van der Waals surface area contributed by atoms with Gasteiger partial charge in [-0.15, -0.1) is 0 Å². The number of aromatic carboxylic acids is 1. The van der Waals surface area contributed by atoms with Gasteiger partial charge in [0, 0.05) is 0 Å². The van der Waals surface area contributed by atoms with Gasteiger partial charge in [-0.25, -0.2) is 9.18 Å². The van der Waals surface area contributed by atoms with Gasteiger partial charge in [-0.1, -0.05) is 82.9 Å². The number of unbranched alkanes of at least 4 members (excludes halogenated alkanes) is 9. The van der Waals surface area contributed by atoms with Crippen LogP contribution in [0, 0.1) is 5.82 Å². The molecule has 3 nitrogen and oxygen atoms in total. The second-order valence-electron chi connectivity index (χ2n) is 7.56. The maximum absolute atomic E-state index is 14.3. The predicted octanol–water partition coefficient (Wildman–Crippen LogP) is 7.49. The van der Waals surface area contributed by atoms with Crippen LogP contribution in [0.5, 0.6) is 5.75 Å². The molecule has 0 saturated heterocycles. The molecule has 0 heterocycles. The van der Waals surface area contributed by atoms with Crippen molar-refractivity contribution in [3.63, 3.8) is 0 Å². The number of hydrogen-bond acceptors (Lipinski definition) is 2. The Morgan fingerprint density at radius 1 is 0.828 bits per heavy atom. The number of benzene rings is 2. The van der Waals surface area contributed by atoms with Crippen molar-refractivity contribution in [2.45, 2.75) is 71.1 Å². The molecular weight excluding hydrogens is 367 g/mol. The second kappa shape index (κ2) is 13.0. The summed E-state index contributed by atoms with van der Waals surface area (Å²) in [5.41, 5.74) is 1.69. The fourth-order valence-electron chi connectivity index (χ4n) is 3.37. The van der Waals surface area contributed by atoms with Gasteiger partial charge in [-0.2, -0.15) is 0 Å². The summed E-state index contributed by atoms with van der Waals surface area (Å²) < 4.78 is 19.9. The van der Waals surface area contributed by atoms with Crippen LogP contribution in [0.15, 0.2) is 42.5 Å². The highest BCUT2D eigenvalue weighted by Gasteiger charge is 2.08. The summed E-state index contributed by atoms with van der Waals surface area (Å²) in [5.74, 6) is -1.10. The molecule has 0 radical (unpaired) electrons. The van der Waals surface area contributed by atoms with E-state index in [-0.39, 0.29) is 11.3 Å². The number of hydrogen-bond donors (Lipinski definition) is 1. The van der Waals surface area contributed by atoms with Gasteiger partial charge in [0.15, 0.2) is 11.6 Å². The first-order valence-electron chi connectivity index (χ1n) is 10.9. The van der Waals surface area contributed by atoms with Crippen LogP contribution >= 0.6 is 0 Å². The Morgan fingerprint density at radius 3 is 1.93 bits per heavy atom. The van der Waals surface area contributed by atoms with Gasteiger partial charge in [-0.05, 0) is 41.8 Å². The molecule has 2 aromatic rings. The Bertz CT molecular complexity index is 740. The summed E-state index contributed by atoms with van der Waals surface area (Å²) in [4.78, 5) is 10.9. The van der Waals surface area contributed by atoms with Gasteiger partial charge in [0.05, 0.1) is 12.2 Å². The third-order valence-corrected chi connectivity index (χ3v) is 5.15. The van der Waals surface area contributed by atoms with Crippen LogP contribution in [0.4, 0.5) is 4.39 Å². The van der Waals surface area contributed by atoms with Crippen LogP contribution in [0.1, 0.15) is 81.5 Å². The van der Waals surface area contributed by atoms with Crippen molar-refractivity contribution in [1.82, 2.24) is 0 Å². The molecule has 1 N–H and O–H groups in total. The van der Waals surface area contributed by atoms with Gasteiger partial charge < -0.3 is 9.84 Å². The average molecular weight is 401 g/mol. The molecule has 158 valence electrons. The number of rotatable bonds is 14. The van der Waals surface area contributed by atoms with Crippen molar-refractivity contribution < 1.29 is 19.0 Å². The van der Waals surface area contributed by atoms with Crippen molar-refractivity contribution in [3.05, 3.63) is 53.8 Å². The van der Waals surface area contributed by atoms with Crippen molar-refractivity contribution in [2.24, 2.45) is 0 Å². The highest BCUT2D eigenvalue weighted by atomic mass is 19.1. The van der Waals surface area contributed by atoms with Crippen LogP contribution in [0.25, 0.3) is 11.1 Å². The standard InChI is InChI=1S/C25H33FO3/c1-2-3-4-5-6-7-8-9-10-11-18-29-24-17-16-22(19-23(24)26)20-12-14-21(15-13-20)25(27)28/h12-17,19H,2-11,18H2,1H3,(H,27,28). The molecule has 2 rings (SSSR count). The van der Waals surface area contributed by atoms with E-state index < -0.39 is 11.8 Å². The Hall–Kier alpha value is -2.36. The Labute approximate surface area is 173 Å². The molecule has 0 aliphatic heterocycles. The summed E-state index contributed by atoms with van der Waals surface area (Å²) >= 11 is 0. The van der Waals surface area contributed by atoms with Crippen molar-refractivity contribution in [1.29, 1.82) is 0 Å². The first-order chi connectivity index (χ1) is 14.1. The number of ether oxygens (including phenoxy) is 1. The molecule has 0 atom stereocenters. The second-order valence-corrected chi connectivity index (χ2v) is 7.56. The van der Waals surface area contributed by atoms with Crippen LogP contribution < -0.4 is 4.74 Å². The minimum absolute atomic E-state index is 0.214. The van der Waals surface area contributed by atoms with Gasteiger partial charge in [0.1, 0.15) is 0 Å². The monoisotopic (exact) mass is 400 g/mol.